The van der Waals surface area contributed by atoms with Gasteiger partial charge in [0, 0.05) is 49.5 Å². The lowest BCUT2D eigenvalue weighted by molar-refractivity contribution is -0.130. The molecule has 2 aromatic carbocycles. The van der Waals surface area contributed by atoms with Crippen LogP contribution in [-0.4, -0.2) is 101 Å². The number of benzene rings is 2. The van der Waals surface area contributed by atoms with E-state index in [0.717, 1.165) is 21.8 Å². The standard InChI is InChI=1S/C39H50N6O6S2/c1-27(2)23-44(53(49,50)32-16-14-31(51-6)15-17-32)25-34(46)33(21-28-11-8-7-9-12-28)42-36(47)35(39(3,4)5)45-20-19-43(38(45)48)24-30-26-52-37(41-30)29-13-10-18-40-22-29/h7-18,22,26-27,33-35,46H,19-21,23-25H2,1-6H3,(H,42,47)/t33-,34+,35+/m0/s1. The highest BCUT2D eigenvalue weighted by Gasteiger charge is 2.44. The van der Waals surface area contributed by atoms with Crippen molar-refractivity contribution in [3.05, 3.63) is 95.8 Å². The highest BCUT2D eigenvalue weighted by atomic mass is 32.2. The van der Waals surface area contributed by atoms with Crippen LogP contribution in [0.4, 0.5) is 4.79 Å². The minimum atomic E-state index is -4.02. The van der Waals surface area contributed by atoms with Gasteiger partial charge in [0.2, 0.25) is 15.9 Å². The molecule has 14 heteroatoms. The molecule has 3 amide bonds. The number of amides is 3. The molecule has 1 saturated heterocycles. The fourth-order valence-corrected chi connectivity index (χ4v) is 8.93. The van der Waals surface area contributed by atoms with Crippen LogP contribution in [0.25, 0.3) is 10.6 Å². The lowest BCUT2D eigenvalue weighted by Crippen LogP contribution is -2.59. The number of methoxy groups -OCH3 is 1. The van der Waals surface area contributed by atoms with Crippen LogP contribution in [0, 0.1) is 11.3 Å². The zero-order valence-corrected chi connectivity index (χ0v) is 32.8. The highest BCUT2D eigenvalue weighted by molar-refractivity contribution is 7.89. The predicted octanol–water partition coefficient (Wildman–Crippen LogP) is 5.30. The Balaban J connectivity index is 1.36. The number of hydrogen-bond acceptors (Lipinski definition) is 9. The van der Waals surface area contributed by atoms with E-state index in [9.17, 15) is 23.1 Å². The zero-order valence-electron chi connectivity index (χ0n) is 31.2. The topological polar surface area (TPSA) is 145 Å². The number of sulfonamides is 1. The molecule has 284 valence electrons. The van der Waals surface area contributed by atoms with Gasteiger partial charge in [0.15, 0.2) is 0 Å². The maximum Gasteiger partial charge on any atom is 0.321 e. The molecule has 0 radical (unpaired) electrons. The summed E-state index contributed by atoms with van der Waals surface area (Å²) in [4.78, 5) is 40.6. The number of thiazole rings is 1. The van der Waals surface area contributed by atoms with E-state index in [1.807, 2.05) is 82.5 Å². The third-order valence-corrected chi connectivity index (χ3v) is 11.9. The van der Waals surface area contributed by atoms with Crippen LogP contribution in [0.5, 0.6) is 5.75 Å². The molecule has 4 aromatic rings. The number of urea groups is 1. The summed E-state index contributed by atoms with van der Waals surface area (Å²) in [6.45, 7) is 10.5. The summed E-state index contributed by atoms with van der Waals surface area (Å²) in [6.07, 6.45) is 2.42. The number of aromatic nitrogens is 2. The van der Waals surface area contributed by atoms with Gasteiger partial charge >= 0.3 is 6.03 Å². The molecule has 5 rings (SSSR count). The first-order valence-corrected chi connectivity index (χ1v) is 20.1. The van der Waals surface area contributed by atoms with E-state index >= 15 is 0 Å². The largest absolute Gasteiger partial charge is 0.497 e. The number of aliphatic hydroxyl groups excluding tert-OH is 1. The number of ether oxygens (including phenoxy) is 1. The van der Waals surface area contributed by atoms with Crippen LogP contribution < -0.4 is 10.1 Å². The van der Waals surface area contributed by atoms with E-state index in [-0.39, 0.29) is 36.4 Å². The summed E-state index contributed by atoms with van der Waals surface area (Å²) in [7, 11) is -2.51. The number of aliphatic hydroxyl groups is 1. The van der Waals surface area contributed by atoms with Crippen LogP contribution in [0.3, 0.4) is 0 Å². The normalized spacial score (nSPS) is 15.5. The molecule has 0 aliphatic carbocycles. The van der Waals surface area contributed by atoms with E-state index in [1.165, 1.54) is 34.9 Å². The van der Waals surface area contributed by atoms with Crippen molar-refractivity contribution < 1.29 is 27.9 Å². The summed E-state index contributed by atoms with van der Waals surface area (Å²) in [5, 5.41) is 17.7. The molecular formula is C39H50N6O6S2. The van der Waals surface area contributed by atoms with Gasteiger partial charge in [-0.1, -0.05) is 65.0 Å². The van der Waals surface area contributed by atoms with Gasteiger partial charge in [0.25, 0.3) is 0 Å². The number of carbonyl (C=O) groups excluding carboxylic acids is 2. The first-order valence-electron chi connectivity index (χ1n) is 17.7. The van der Waals surface area contributed by atoms with Crippen molar-refractivity contribution in [3.63, 3.8) is 0 Å². The third kappa shape index (κ3) is 9.99. The summed E-state index contributed by atoms with van der Waals surface area (Å²) in [6, 6.07) is 17.3. The van der Waals surface area contributed by atoms with Gasteiger partial charge < -0.3 is 25.0 Å². The fraction of sp³-hybridized carbons (Fsp3) is 0.436. The van der Waals surface area contributed by atoms with Crippen molar-refractivity contribution in [1.82, 2.24) is 29.4 Å². The molecule has 2 aromatic heterocycles. The lowest BCUT2D eigenvalue weighted by Gasteiger charge is -2.38. The van der Waals surface area contributed by atoms with Crippen molar-refractivity contribution in [2.75, 3.05) is 33.3 Å². The van der Waals surface area contributed by atoms with Gasteiger partial charge in [-0.2, -0.15) is 4.31 Å². The molecule has 1 fully saturated rings. The summed E-state index contributed by atoms with van der Waals surface area (Å²) in [5.41, 5.74) is 1.84. The van der Waals surface area contributed by atoms with Gasteiger partial charge in [-0.3, -0.25) is 9.78 Å². The molecule has 0 spiro atoms. The van der Waals surface area contributed by atoms with Crippen LogP contribution in [0.2, 0.25) is 0 Å². The fourth-order valence-electron chi connectivity index (χ4n) is 6.51. The average Bonchev–Trinajstić information content (AvgIpc) is 3.74. The second-order valence-corrected chi connectivity index (χ2v) is 17.6. The molecule has 0 saturated carbocycles. The number of rotatable bonds is 16. The molecule has 2 N–H and O–H groups in total. The van der Waals surface area contributed by atoms with Crippen LogP contribution >= 0.6 is 11.3 Å². The number of nitrogens with one attached hydrogen (secondary N) is 1. The Morgan fingerprint density at radius 3 is 2.38 bits per heavy atom. The minimum Gasteiger partial charge on any atom is -0.497 e. The van der Waals surface area contributed by atoms with Gasteiger partial charge in [-0.15, -0.1) is 11.3 Å². The molecule has 3 heterocycles. The maximum atomic E-state index is 14.4. The SMILES string of the molecule is COc1ccc(S(=O)(=O)N(CC(C)C)C[C@@H](O)[C@H](Cc2ccccc2)NC(=O)[C@@H](N2CCN(Cc3csc(-c4cccnc4)n3)C2=O)C(C)(C)C)cc1. The number of hydrogen-bond donors (Lipinski definition) is 2. The van der Waals surface area contributed by atoms with Gasteiger partial charge in [0.05, 0.1) is 36.4 Å². The van der Waals surface area contributed by atoms with Gasteiger partial charge in [-0.05, 0) is 59.7 Å². The summed E-state index contributed by atoms with van der Waals surface area (Å²) < 4.78 is 34.3. The minimum absolute atomic E-state index is 0.0435. The number of carbonyl (C=O) groups is 2. The Bertz CT molecular complexity index is 1920. The van der Waals surface area contributed by atoms with Crippen molar-refractivity contribution in [2.45, 2.75) is 70.7 Å². The van der Waals surface area contributed by atoms with Crippen molar-refractivity contribution in [2.24, 2.45) is 11.3 Å². The maximum absolute atomic E-state index is 14.4. The number of nitrogens with zero attached hydrogens (tertiary/aromatic N) is 5. The van der Waals surface area contributed by atoms with E-state index in [4.69, 9.17) is 9.72 Å². The molecule has 53 heavy (non-hydrogen) atoms. The summed E-state index contributed by atoms with van der Waals surface area (Å²) in [5.74, 6) is 0.0581. The van der Waals surface area contributed by atoms with Gasteiger partial charge in [-0.25, -0.2) is 18.2 Å². The monoisotopic (exact) mass is 762 g/mol. The molecule has 1 aliphatic heterocycles. The van der Waals surface area contributed by atoms with Gasteiger partial charge in [0.1, 0.15) is 16.8 Å². The van der Waals surface area contributed by atoms with E-state index in [1.54, 1.807) is 34.3 Å². The van der Waals surface area contributed by atoms with Crippen LogP contribution in [0.15, 0.2) is 89.4 Å². The van der Waals surface area contributed by atoms with Crippen LogP contribution in [-0.2, 0) is 27.8 Å². The van der Waals surface area contributed by atoms with E-state index in [2.05, 4.69) is 10.3 Å². The van der Waals surface area contributed by atoms with E-state index in [0.29, 0.717) is 25.4 Å². The Morgan fingerprint density at radius 2 is 1.75 bits per heavy atom. The predicted molar refractivity (Wildman–Crippen MR) is 206 cm³/mol. The Morgan fingerprint density at radius 1 is 1.04 bits per heavy atom. The van der Waals surface area contributed by atoms with Crippen molar-refractivity contribution in [1.29, 1.82) is 0 Å². The number of pyridine rings is 1. The molecule has 3 atom stereocenters. The third-order valence-electron chi connectivity index (χ3n) is 9.07. The Kier molecular flexibility index (Phi) is 12.9. The summed E-state index contributed by atoms with van der Waals surface area (Å²) >= 11 is 1.49. The van der Waals surface area contributed by atoms with Crippen molar-refractivity contribution in [3.8, 4) is 16.3 Å². The molecule has 12 nitrogen and oxygen atoms in total. The highest BCUT2D eigenvalue weighted by Crippen LogP contribution is 2.30. The Hall–Kier alpha value is -4.37. The Labute approximate surface area is 316 Å². The smallest absolute Gasteiger partial charge is 0.321 e. The first kappa shape index (κ1) is 39.8. The lowest BCUT2D eigenvalue weighted by atomic mass is 9.84. The molecule has 0 unspecified atom stereocenters. The quantitative estimate of drug-likeness (QED) is 0.157. The molecule has 1 aliphatic rings. The van der Waals surface area contributed by atoms with Crippen LogP contribution in [0.1, 0.15) is 45.9 Å². The second-order valence-electron chi connectivity index (χ2n) is 14.8. The molecule has 0 bridgehead atoms. The second kappa shape index (κ2) is 17.2. The first-order chi connectivity index (χ1) is 25.2. The average molecular weight is 763 g/mol. The van der Waals surface area contributed by atoms with Crippen molar-refractivity contribution >= 4 is 33.3 Å². The van der Waals surface area contributed by atoms with E-state index < -0.39 is 39.5 Å². The zero-order chi connectivity index (χ0) is 38.3. The molecular weight excluding hydrogens is 713 g/mol.